The van der Waals surface area contributed by atoms with Crippen LogP contribution in [0.4, 0.5) is 0 Å². The third-order valence-corrected chi connectivity index (χ3v) is 2.75. The number of imidazole rings is 1. The van der Waals surface area contributed by atoms with Gasteiger partial charge < -0.3 is 9.88 Å². The van der Waals surface area contributed by atoms with Crippen LogP contribution in [0.2, 0.25) is 0 Å². The fourth-order valence-corrected chi connectivity index (χ4v) is 1.76. The van der Waals surface area contributed by atoms with Gasteiger partial charge in [-0.15, -0.1) is 0 Å². The molecule has 2 aromatic rings. The van der Waals surface area contributed by atoms with Gasteiger partial charge in [0.2, 0.25) is 0 Å². The van der Waals surface area contributed by atoms with E-state index in [1.807, 2.05) is 31.7 Å². The van der Waals surface area contributed by atoms with Gasteiger partial charge in [-0.05, 0) is 39.8 Å². The lowest BCUT2D eigenvalue weighted by Gasteiger charge is -2.21. The Balaban J connectivity index is 2.26. The minimum Gasteiger partial charge on any atom is -0.306 e. The molecule has 1 N–H and O–H groups in total. The first-order valence-electron chi connectivity index (χ1n) is 6.15. The molecule has 0 radical (unpaired) electrons. The Morgan fingerprint density at radius 3 is 2.78 bits per heavy atom. The number of hydrogen-bond acceptors (Lipinski definition) is 3. The van der Waals surface area contributed by atoms with Crippen molar-refractivity contribution in [3.05, 3.63) is 42.2 Å². The van der Waals surface area contributed by atoms with Crippen LogP contribution in [-0.4, -0.2) is 20.1 Å². The highest BCUT2D eigenvalue weighted by molar-refractivity contribution is 5.37. The van der Waals surface area contributed by atoms with Crippen molar-refractivity contribution in [2.75, 3.05) is 0 Å². The summed E-state index contributed by atoms with van der Waals surface area (Å²) in [6, 6.07) is 4.01. The van der Waals surface area contributed by atoms with Crippen molar-refractivity contribution >= 4 is 0 Å². The quantitative estimate of drug-likeness (QED) is 0.902. The molecule has 2 aromatic heterocycles. The molecule has 0 bridgehead atoms. The SMILES string of the molecule is Cc1ncccc1-n1cncc1CNC(C)(C)C. The number of hydrogen-bond donors (Lipinski definition) is 1. The van der Waals surface area contributed by atoms with Gasteiger partial charge in [0.15, 0.2) is 0 Å². The minimum atomic E-state index is 0.0963. The molecular formula is C14H20N4. The summed E-state index contributed by atoms with van der Waals surface area (Å²) in [5.74, 6) is 0. The average Bonchev–Trinajstić information content (AvgIpc) is 2.74. The van der Waals surface area contributed by atoms with Gasteiger partial charge >= 0.3 is 0 Å². The first kappa shape index (κ1) is 12.8. The van der Waals surface area contributed by atoms with E-state index in [1.54, 1.807) is 0 Å². The summed E-state index contributed by atoms with van der Waals surface area (Å²) in [4.78, 5) is 8.55. The Kier molecular flexibility index (Phi) is 3.48. The number of nitrogens with zero attached hydrogens (tertiary/aromatic N) is 3. The Hall–Kier alpha value is -1.68. The van der Waals surface area contributed by atoms with Gasteiger partial charge in [-0.3, -0.25) is 4.98 Å². The Morgan fingerprint density at radius 2 is 2.11 bits per heavy atom. The van der Waals surface area contributed by atoms with Crippen molar-refractivity contribution in [1.82, 2.24) is 19.9 Å². The topological polar surface area (TPSA) is 42.7 Å². The van der Waals surface area contributed by atoms with Crippen molar-refractivity contribution in [2.45, 2.75) is 39.8 Å². The third-order valence-electron chi connectivity index (χ3n) is 2.75. The molecule has 0 atom stereocenters. The van der Waals surface area contributed by atoms with E-state index in [9.17, 15) is 0 Å². The molecular weight excluding hydrogens is 224 g/mol. The average molecular weight is 244 g/mol. The molecule has 0 saturated heterocycles. The normalized spacial score (nSPS) is 11.8. The number of rotatable bonds is 3. The minimum absolute atomic E-state index is 0.0963. The van der Waals surface area contributed by atoms with Crippen molar-refractivity contribution in [3.63, 3.8) is 0 Å². The van der Waals surface area contributed by atoms with Crippen molar-refractivity contribution in [1.29, 1.82) is 0 Å². The van der Waals surface area contributed by atoms with E-state index in [4.69, 9.17) is 0 Å². The maximum Gasteiger partial charge on any atom is 0.0995 e. The summed E-state index contributed by atoms with van der Waals surface area (Å²) in [6.07, 6.45) is 5.54. The van der Waals surface area contributed by atoms with E-state index in [0.29, 0.717) is 0 Å². The second-order valence-electron chi connectivity index (χ2n) is 5.47. The number of aryl methyl sites for hydroxylation is 1. The van der Waals surface area contributed by atoms with Gasteiger partial charge in [-0.25, -0.2) is 4.98 Å². The van der Waals surface area contributed by atoms with Crippen LogP contribution in [0, 0.1) is 6.92 Å². The number of aromatic nitrogens is 3. The highest BCUT2D eigenvalue weighted by atomic mass is 15.1. The zero-order valence-corrected chi connectivity index (χ0v) is 11.4. The predicted octanol–water partition coefficient (Wildman–Crippen LogP) is 2.46. The predicted molar refractivity (Wildman–Crippen MR) is 72.7 cm³/mol. The van der Waals surface area contributed by atoms with Crippen LogP contribution in [0.1, 0.15) is 32.2 Å². The van der Waals surface area contributed by atoms with Crippen LogP contribution in [0.15, 0.2) is 30.9 Å². The Labute approximate surface area is 108 Å². The van der Waals surface area contributed by atoms with Gasteiger partial charge in [0.1, 0.15) is 0 Å². The summed E-state index contributed by atoms with van der Waals surface area (Å²) >= 11 is 0. The van der Waals surface area contributed by atoms with Gasteiger partial charge in [0, 0.05) is 24.5 Å². The van der Waals surface area contributed by atoms with Crippen molar-refractivity contribution < 1.29 is 0 Å². The third kappa shape index (κ3) is 2.96. The van der Waals surface area contributed by atoms with E-state index >= 15 is 0 Å². The maximum absolute atomic E-state index is 4.32. The Bertz CT molecular complexity index is 523. The van der Waals surface area contributed by atoms with Crippen LogP contribution >= 0.6 is 0 Å². The molecule has 0 aromatic carbocycles. The lowest BCUT2D eigenvalue weighted by molar-refractivity contribution is 0.419. The van der Waals surface area contributed by atoms with E-state index in [-0.39, 0.29) is 5.54 Å². The second-order valence-corrected chi connectivity index (χ2v) is 5.47. The molecule has 0 saturated carbocycles. The van der Waals surface area contributed by atoms with Crippen LogP contribution in [0.3, 0.4) is 0 Å². The maximum atomic E-state index is 4.32. The standard InChI is InChI=1S/C14H20N4/c1-11-13(6-5-7-16-11)18-10-15-8-12(18)9-17-14(2,3)4/h5-8,10,17H,9H2,1-4H3. The number of nitrogens with one attached hydrogen (secondary N) is 1. The van der Waals surface area contributed by atoms with Gasteiger partial charge in [0.05, 0.1) is 23.4 Å². The molecule has 4 heteroatoms. The number of pyridine rings is 1. The molecule has 0 amide bonds. The monoisotopic (exact) mass is 244 g/mol. The molecule has 18 heavy (non-hydrogen) atoms. The van der Waals surface area contributed by atoms with Gasteiger partial charge in [0.25, 0.3) is 0 Å². The summed E-state index contributed by atoms with van der Waals surface area (Å²) in [5, 5.41) is 3.47. The van der Waals surface area contributed by atoms with Crippen LogP contribution in [-0.2, 0) is 6.54 Å². The molecule has 0 fully saturated rings. The van der Waals surface area contributed by atoms with Crippen LogP contribution < -0.4 is 5.32 Å². The molecule has 0 unspecified atom stereocenters. The Morgan fingerprint density at radius 1 is 1.33 bits per heavy atom. The molecule has 0 aliphatic carbocycles. The van der Waals surface area contributed by atoms with Crippen molar-refractivity contribution in [2.24, 2.45) is 0 Å². The summed E-state index contributed by atoms with van der Waals surface area (Å²) in [6.45, 7) is 9.27. The molecule has 2 heterocycles. The fourth-order valence-electron chi connectivity index (χ4n) is 1.76. The molecule has 96 valence electrons. The zero-order chi connectivity index (χ0) is 13.2. The van der Waals surface area contributed by atoms with Crippen molar-refractivity contribution in [3.8, 4) is 5.69 Å². The zero-order valence-electron chi connectivity index (χ0n) is 11.4. The van der Waals surface area contributed by atoms with Gasteiger partial charge in [-0.1, -0.05) is 0 Å². The first-order chi connectivity index (χ1) is 8.47. The van der Waals surface area contributed by atoms with E-state index in [1.165, 1.54) is 0 Å². The smallest absolute Gasteiger partial charge is 0.0995 e. The highest BCUT2D eigenvalue weighted by Crippen LogP contribution is 2.14. The summed E-state index contributed by atoms with van der Waals surface area (Å²) in [7, 11) is 0. The van der Waals surface area contributed by atoms with Crippen LogP contribution in [0.5, 0.6) is 0 Å². The van der Waals surface area contributed by atoms with E-state index in [0.717, 1.165) is 23.6 Å². The van der Waals surface area contributed by atoms with E-state index in [2.05, 4.69) is 46.7 Å². The summed E-state index contributed by atoms with van der Waals surface area (Å²) < 4.78 is 2.08. The molecule has 0 aliphatic heterocycles. The first-order valence-corrected chi connectivity index (χ1v) is 6.15. The van der Waals surface area contributed by atoms with Crippen LogP contribution in [0.25, 0.3) is 5.69 Å². The fraction of sp³-hybridized carbons (Fsp3) is 0.429. The molecule has 4 nitrogen and oxygen atoms in total. The van der Waals surface area contributed by atoms with E-state index < -0.39 is 0 Å². The summed E-state index contributed by atoms with van der Waals surface area (Å²) in [5.41, 5.74) is 3.33. The largest absolute Gasteiger partial charge is 0.306 e. The van der Waals surface area contributed by atoms with Gasteiger partial charge in [-0.2, -0.15) is 0 Å². The molecule has 0 aliphatic rings. The highest BCUT2D eigenvalue weighted by Gasteiger charge is 2.12. The lowest BCUT2D eigenvalue weighted by atomic mass is 10.1. The molecule has 0 spiro atoms. The second kappa shape index (κ2) is 4.90. The lowest BCUT2D eigenvalue weighted by Crippen LogP contribution is -2.35. The molecule has 2 rings (SSSR count).